The van der Waals surface area contributed by atoms with Crippen molar-refractivity contribution in [2.45, 2.75) is 64.3 Å². The molecule has 0 saturated heterocycles. The summed E-state index contributed by atoms with van der Waals surface area (Å²) in [5.74, 6) is -1.51. The molecular formula is C15H28O4Si. The predicted molar refractivity (Wildman–Crippen MR) is 84.0 cm³/mol. The van der Waals surface area contributed by atoms with Crippen molar-refractivity contribution in [3.05, 3.63) is 11.6 Å². The van der Waals surface area contributed by atoms with Gasteiger partial charge in [-0.05, 0) is 18.4 Å². The van der Waals surface area contributed by atoms with Crippen molar-refractivity contribution in [3.8, 4) is 0 Å². The fourth-order valence-corrected chi connectivity index (χ4v) is 2.80. The summed E-state index contributed by atoms with van der Waals surface area (Å²) in [6.07, 6.45) is 8.10. The van der Waals surface area contributed by atoms with Crippen LogP contribution >= 0.6 is 0 Å². The molecule has 0 bridgehead atoms. The minimum Gasteiger partial charge on any atom is -0.478 e. The second kappa shape index (κ2) is 11.7. The third-order valence-electron chi connectivity index (χ3n) is 3.27. The van der Waals surface area contributed by atoms with Crippen LogP contribution in [0.15, 0.2) is 11.6 Å². The maximum Gasteiger partial charge on any atom is 0.334 e. The molecule has 0 aliphatic rings. The second-order valence-corrected chi connectivity index (χ2v) is 6.57. The van der Waals surface area contributed by atoms with Crippen LogP contribution in [0.4, 0.5) is 0 Å². The molecule has 4 nitrogen and oxygen atoms in total. The van der Waals surface area contributed by atoms with Crippen molar-refractivity contribution in [3.63, 3.8) is 0 Å². The topological polar surface area (TPSA) is 63.6 Å². The van der Waals surface area contributed by atoms with Crippen molar-refractivity contribution in [2.75, 3.05) is 6.61 Å². The van der Waals surface area contributed by atoms with Crippen LogP contribution in [0.2, 0.25) is 5.54 Å². The van der Waals surface area contributed by atoms with Crippen LogP contribution < -0.4 is 0 Å². The largest absolute Gasteiger partial charge is 0.478 e. The number of carbonyl (C=O) groups excluding carboxylic acids is 1. The first-order valence-electron chi connectivity index (χ1n) is 7.64. The van der Waals surface area contributed by atoms with Crippen molar-refractivity contribution < 1.29 is 19.4 Å². The molecule has 0 heterocycles. The van der Waals surface area contributed by atoms with Gasteiger partial charge in [0.2, 0.25) is 0 Å². The third-order valence-corrected chi connectivity index (χ3v) is 4.47. The van der Waals surface area contributed by atoms with Crippen LogP contribution in [0.25, 0.3) is 0 Å². The average Bonchev–Trinajstić information content (AvgIpc) is 2.40. The number of aliphatic carboxylic acids is 1. The third kappa shape index (κ3) is 8.91. The fraction of sp³-hybridized carbons (Fsp3) is 0.733. The van der Waals surface area contributed by atoms with E-state index in [4.69, 9.17) is 9.84 Å². The van der Waals surface area contributed by atoms with Crippen LogP contribution in [0.1, 0.15) is 58.8 Å². The molecule has 1 unspecified atom stereocenters. The normalized spacial score (nSPS) is 13.2. The van der Waals surface area contributed by atoms with Crippen molar-refractivity contribution in [1.82, 2.24) is 0 Å². The number of carboxylic acids is 1. The van der Waals surface area contributed by atoms with Gasteiger partial charge in [-0.3, -0.25) is 0 Å². The number of carbonyl (C=O) groups is 2. The Morgan fingerprint density at radius 3 is 2.30 bits per heavy atom. The Morgan fingerprint density at radius 2 is 1.75 bits per heavy atom. The van der Waals surface area contributed by atoms with Crippen LogP contribution in [0, 0.1) is 0 Å². The van der Waals surface area contributed by atoms with Gasteiger partial charge in [0.15, 0.2) is 0 Å². The molecular weight excluding hydrogens is 272 g/mol. The highest BCUT2D eigenvalue weighted by molar-refractivity contribution is 6.18. The standard InChI is InChI=1S/C15H28O4Si/c1-3-5-7-9-13(20)12(11-14(16)17)15(18)19-10-8-6-4-2/h11,13H,3-10H2,1-2,20H3,(H,16,17)/b12-11-. The first-order valence-corrected chi connectivity index (χ1v) is 8.80. The van der Waals surface area contributed by atoms with E-state index in [2.05, 4.69) is 13.8 Å². The summed E-state index contributed by atoms with van der Waals surface area (Å²) in [5, 5.41) is 8.89. The van der Waals surface area contributed by atoms with Gasteiger partial charge in [-0.1, -0.05) is 46.0 Å². The molecule has 0 amide bonds. The zero-order valence-electron chi connectivity index (χ0n) is 13.0. The van der Waals surface area contributed by atoms with Gasteiger partial charge < -0.3 is 9.84 Å². The molecule has 116 valence electrons. The van der Waals surface area contributed by atoms with E-state index in [9.17, 15) is 9.59 Å². The summed E-state index contributed by atoms with van der Waals surface area (Å²) in [6.45, 7) is 4.59. The Bertz CT molecular complexity index is 326. The number of hydrogen-bond acceptors (Lipinski definition) is 3. The molecule has 1 atom stereocenters. The number of esters is 1. The lowest BCUT2D eigenvalue weighted by Gasteiger charge is -2.14. The first-order chi connectivity index (χ1) is 9.52. The van der Waals surface area contributed by atoms with E-state index in [0.29, 0.717) is 12.2 Å². The second-order valence-electron chi connectivity index (χ2n) is 5.18. The lowest BCUT2D eigenvalue weighted by molar-refractivity contribution is -0.140. The summed E-state index contributed by atoms with van der Waals surface area (Å²) in [7, 11) is 0.770. The molecule has 0 radical (unpaired) electrons. The van der Waals surface area contributed by atoms with Crippen LogP contribution in [0.3, 0.4) is 0 Å². The smallest absolute Gasteiger partial charge is 0.334 e. The zero-order chi connectivity index (χ0) is 15.4. The van der Waals surface area contributed by atoms with Gasteiger partial charge in [0.25, 0.3) is 0 Å². The van der Waals surface area contributed by atoms with Crippen molar-refractivity contribution in [1.29, 1.82) is 0 Å². The van der Waals surface area contributed by atoms with Gasteiger partial charge in [-0.2, -0.15) is 0 Å². The van der Waals surface area contributed by atoms with E-state index >= 15 is 0 Å². The van der Waals surface area contributed by atoms with Gasteiger partial charge in [0.05, 0.1) is 6.61 Å². The van der Waals surface area contributed by atoms with E-state index in [-0.39, 0.29) is 5.54 Å². The molecule has 1 N–H and O–H groups in total. The van der Waals surface area contributed by atoms with Gasteiger partial charge in [-0.15, -0.1) is 0 Å². The molecule has 0 aromatic heterocycles. The van der Waals surface area contributed by atoms with Gasteiger partial charge in [0.1, 0.15) is 0 Å². The molecule has 0 fully saturated rings. The molecule has 0 aromatic carbocycles. The van der Waals surface area contributed by atoms with Gasteiger partial charge >= 0.3 is 11.9 Å². The Kier molecular flexibility index (Phi) is 11.1. The molecule has 20 heavy (non-hydrogen) atoms. The molecule has 0 saturated carbocycles. The summed E-state index contributed by atoms with van der Waals surface area (Å²) >= 11 is 0. The zero-order valence-corrected chi connectivity index (χ0v) is 15.0. The number of rotatable bonds is 11. The average molecular weight is 300 g/mol. The highest BCUT2D eigenvalue weighted by Crippen LogP contribution is 2.22. The quantitative estimate of drug-likeness (QED) is 0.275. The molecule has 0 aliphatic carbocycles. The maximum atomic E-state index is 12.0. The summed E-state index contributed by atoms with van der Waals surface area (Å²) in [4.78, 5) is 22.8. The lowest BCUT2D eigenvalue weighted by atomic mass is 10.1. The minimum absolute atomic E-state index is 0.0660. The summed E-state index contributed by atoms with van der Waals surface area (Å²) in [5.41, 5.74) is 0.410. The number of unbranched alkanes of at least 4 members (excludes halogenated alkanes) is 4. The highest BCUT2D eigenvalue weighted by Gasteiger charge is 2.19. The van der Waals surface area contributed by atoms with E-state index in [1.54, 1.807) is 0 Å². The van der Waals surface area contributed by atoms with Crippen LogP contribution in [0.5, 0.6) is 0 Å². The summed E-state index contributed by atoms with van der Waals surface area (Å²) in [6, 6.07) is 0. The number of carboxylic acid groups (broad SMARTS) is 1. The molecule has 0 rings (SSSR count). The van der Waals surface area contributed by atoms with E-state index in [1.807, 2.05) is 0 Å². The Labute approximate surface area is 125 Å². The Morgan fingerprint density at radius 1 is 1.15 bits per heavy atom. The molecule has 0 aliphatic heterocycles. The van der Waals surface area contributed by atoms with Gasteiger partial charge in [-0.25, -0.2) is 9.59 Å². The number of ether oxygens (including phenoxy) is 1. The molecule has 5 heteroatoms. The minimum atomic E-state index is -1.07. The van der Waals surface area contributed by atoms with Crippen LogP contribution in [-0.2, 0) is 14.3 Å². The monoisotopic (exact) mass is 300 g/mol. The molecule has 0 spiro atoms. The number of hydrogen-bond donors (Lipinski definition) is 1. The predicted octanol–water partition coefficient (Wildman–Crippen LogP) is 2.47. The fourth-order valence-electron chi connectivity index (χ4n) is 1.99. The molecule has 0 aromatic rings. The lowest BCUT2D eigenvalue weighted by Crippen LogP contribution is -2.15. The summed E-state index contributed by atoms with van der Waals surface area (Å²) < 4.78 is 5.19. The van der Waals surface area contributed by atoms with E-state index in [1.165, 1.54) is 0 Å². The Balaban J connectivity index is 4.47. The van der Waals surface area contributed by atoms with Crippen LogP contribution in [-0.4, -0.2) is 33.9 Å². The van der Waals surface area contributed by atoms with E-state index < -0.39 is 11.9 Å². The maximum absolute atomic E-state index is 12.0. The first kappa shape index (κ1) is 18.9. The van der Waals surface area contributed by atoms with Crippen molar-refractivity contribution in [2.24, 2.45) is 0 Å². The highest BCUT2D eigenvalue weighted by atomic mass is 28.1. The Hall–Kier alpha value is -1.10. The van der Waals surface area contributed by atoms with E-state index in [0.717, 1.165) is 61.3 Å². The SMILES string of the molecule is CCCCCOC(=O)/C(=C\C(=O)O)C([SiH3])CCCCC. The van der Waals surface area contributed by atoms with Gasteiger partial charge in [0, 0.05) is 21.9 Å². The van der Waals surface area contributed by atoms with Crippen molar-refractivity contribution >= 4 is 22.2 Å².